The fourth-order valence-corrected chi connectivity index (χ4v) is 1.80. The molecule has 0 aliphatic carbocycles. The first-order chi connectivity index (χ1) is 11.7. The highest BCUT2D eigenvalue weighted by atomic mass is 16.5. The number of hydrogen-bond acceptors (Lipinski definition) is 5. The quantitative estimate of drug-likeness (QED) is 0.481. The number of benzene rings is 2. The highest BCUT2D eigenvalue weighted by molar-refractivity contribution is 5.91. The van der Waals surface area contributed by atoms with Crippen LogP contribution in [0.25, 0.3) is 0 Å². The first-order valence-corrected chi connectivity index (χ1v) is 7.46. The van der Waals surface area contributed by atoms with Crippen molar-refractivity contribution in [1.82, 2.24) is 5.43 Å². The number of amides is 1. The minimum Gasteiger partial charge on any atom is -0.484 e. The first-order valence-electron chi connectivity index (χ1n) is 7.46. The standard InChI is InChI=1S/C18H18N2O4/c1-2-23-18(22)15-10-8-14(9-11-15)12-19-20-17(21)13-24-16-6-4-3-5-7-16/h3-12H,2,13H2,1H3,(H,20,21). The van der Waals surface area contributed by atoms with Gasteiger partial charge in [-0.3, -0.25) is 4.79 Å². The Hall–Kier alpha value is -3.15. The minimum absolute atomic E-state index is 0.122. The van der Waals surface area contributed by atoms with E-state index in [4.69, 9.17) is 9.47 Å². The Morgan fingerprint density at radius 1 is 1.08 bits per heavy atom. The molecule has 6 heteroatoms. The molecule has 0 unspecified atom stereocenters. The van der Waals surface area contributed by atoms with Crippen LogP contribution in [0.2, 0.25) is 0 Å². The lowest BCUT2D eigenvalue weighted by Gasteiger charge is -2.04. The third kappa shape index (κ3) is 5.57. The summed E-state index contributed by atoms with van der Waals surface area (Å²) in [5.41, 5.74) is 3.58. The molecule has 24 heavy (non-hydrogen) atoms. The van der Waals surface area contributed by atoms with Gasteiger partial charge < -0.3 is 9.47 Å². The van der Waals surface area contributed by atoms with Gasteiger partial charge in [-0.05, 0) is 36.8 Å². The Bertz CT molecular complexity index is 697. The van der Waals surface area contributed by atoms with Crippen molar-refractivity contribution in [2.75, 3.05) is 13.2 Å². The van der Waals surface area contributed by atoms with Crippen LogP contribution < -0.4 is 10.2 Å². The van der Waals surface area contributed by atoms with Gasteiger partial charge in [0.25, 0.3) is 5.91 Å². The summed E-state index contributed by atoms with van der Waals surface area (Å²) < 4.78 is 10.2. The van der Waals surface area contributed by atoms with Crippen LogP contribution in [-0.4, -0.2) is 31.3 Å². The lowest BCUT2D eigenvalue weighted by molar-refractivity contribution is -0.123. The topological polar surface area (TPSA) is 77.0 Å². The maximum absolute atomic E-state index is 11.6. The molecule has 6 nitrogen and oxygen atoms in total. The molecule has 0 aliphatic heterocycles. The Balaban J connectivity index is 1.78. The Kier molecular flexibility index (Phi) is 6.52. The number of ether oxygens (including phenoxy) is 2. The second-order valence-corrected chi connectivity index (χ2v) is 4.74. The van der Waals surface area contributed by atoms with Crippen LogP contribution in [0, 0.1) is 0 Å². The molecule has 0 atom stereocenters. The lowest BCUT2D eigenvalue weighted by atomic mass is 10.1. The third-order valence-corrected chi connectivity index (χ3v) is 2.94. The highest BCUT2D eigenvalue weighted by Crippen LogP contribution is 2.07. The van der Waals surface area contributed by atoms with E-state index < -0.39 is 0 Å². The van der Waals surface area contributed by atoms with Crippen LogP contribution in [0.1, 0.15) is 22.8 Å². The van der Waals surface area contributed by atoms with Gasteiger partial charge in [0, 0.05) is 0 Å². The van der Waals surface area contributed by atoms with E-state index in [1.807, 2.05) is 18.2 Å². The molecule has 2 aromatic carbocycles. The zero-order valence-corrected chi connectivity index (χ0v) is 13.3. The largest absolute Gasteiger partial charge is 0.484 e. The van der Waals surface area contributed by atoms with Crippen LogP contribution in [-0.2, 0) is 9.53 Å². The summed E-state index contributed by atoms with van der Waals surface area (Å²) in [7, 11) is 0. The molecule has 0 spiro atoms. The van der Waals surface area contributed by atoms with Crippen molar-refractivity contribution in [2.24, 2.45) is 5.10 Å². The molecule has 0 heterocycles. The predicted molar refractivity (Wildman–Crippen MR) is 90.1 cm³/mol. The molecule has 0 fully saturated rings. The number of rotatable bonds is 7. The van der Waals surface area contributed by atoms with E-state index in [9.17, 15) is 9.59 Å². The molecule has 0 bridgehead atoms. The fourth-order valence-electron chi connectivity index (χ4n) is 1.80. The second-order valence-electron chi connectivity index (χ2n) is 4.74. The van der Waals surface area contributed by atoms with Gasteiger partial charge in [0.1, 0.15) is 5.75 Å². The third-order valence-electron chi connectivity index (χ3n) is 2.94. The fraction of sp³-hybridized carbons (Fsp3) is 0.167. The summed E-state index contributed by atoms with van der Waals surface area (Å²) in [5.74, 6) is -0.114. The maximum atomic E-state index is 11.6. The molecule has 0 saturated heterocycles. The van der Waals surface area contributed by atoms with Crippen molar-refractivity contribution in [1.29, 1.82) is 0 Å². The number of hydrogen-bond donors (Lipinski definition) is 1. The molecule has 1 N–H and O–H groups in total. The lowest BCUT2D eigenvalue weighted by Crippen LogP contribution is -2.24. The van der Waals surface area contributed by atoms with Crippen LogP contribution >= 0.6 is 0 Å². The van der Waals surface area contributed by atoms with Gasteiger partial charge in [0.05, 0.1) is 18.4 Å². The first kappa shape index (κ1) is 17.2. The van der Waals surface area contributed by atoms with Crippen molar-refractivity contribution >= 4 is 18.1 Å². The van der Waals surface area contributed by atoms with Crippen molar-refractivity contribution < 1.29 is 19.1 Å². The molecule has 1 amide bonds. The number of carbonyl (C=O) groups is 2. The van der Waals surface area contributed by atoms with E-state index in [0.717, 1.165) is 5.56 Å². The Labute approximate surface area is 140 Å². The minimum atomic E-state index is -0.368. The molecular formula is C18H18N2O4. The van der Waals surface area contributed by atoms with Crippen LogP contribution in [0.3, 0.4) is 0 Å². The summed E-state index contributed by atoms with van der Waals surface area (Å²) in [5, 5.41) is 3.84. The number of para-hydroxylation sites is 1. The van der Waals surface area contributed by atoms with Gasteiger partial charge >= 0.3 is 5.97 Å². The number of nitrogens with one attached hydrogen (secondary N) is 1. The monoisotopic (exact) mass is 326 g/mol. The molecule has 0 radical (unpaired) electrons. The van der Waals surface area contributed by atoms with Crippen LogP contribution in [0.4, 0.5) is 0 Å². The number of esters is 1. The van der Waals surface area contributed by atoms with Crippen molar-refractivity contribution in [3.8, 4) is 5.75 Å². The van der Waals surface area contributed by atoms with Crippen molar-refractivity contribution in [3.63, 3.8) is 0 Å². The van der Waals surface area contributed by atoms with Gasteiger partial charge in [0.15, 0.2) is 6.61 Å². The zero-order valence-electron chi connectivity index (χ0n) is 13.3. The summed E-state index contributed by atoms with van der Waals surface area (Å²) in [6.07, 6.45) is 1.48. The second kappa shape index (κ2) is 9.09. The van der Waals surface area contributed by atoms with Crippen molar-refractivity contribution in [3.05, 3.63) is 65.7 Å². The van der Waals surface area contributed by atoms with E-state index in [2.05, 4.69) is 10.5 Å². The summed E-state index contributed by atoms with van der Waals surface area (Å²) in [4.78, 5) is 23.1. The summed E-state index contributed by atoms with van der Waals surface area (Å²) >= 11 is 0. The number of hydrazone groups is 1. The van der Waals surface area contributed by atoms with Crippen molar-refractivity contribution in [2.45, 2.75) is 6.92 Å². The number of carbonyl (C=O) groups excluding carboxylic acids is 2. The number of nitrogens with zero attached hydrogens (tertiary/aromatic N) is 1. The maximum Gasteiger partial charge on any atom is 0.338 e. The molecule has 2 aromatic rings. The van der Waals surface area contributed by atoms with E-state index in [-0.39, 0.29) is 18.5 Å². The average molecular weight is 326 g/mol. The van der Waals surface area contributed by atoms with E-state index in [1.165, 1.54) is 6.21 Å². The van der Waals surface area contributed by atoms with Gasteiger partial charge in [-0.1, -0.05) is 30.3 Å². The molecule has 2 rings (SSSR count). The van der Waals surface area contributed by atoms with E-state index >= 15 is 0 Å². The normalized spacial score (nSPS) is 10.4. The van der Waals surface area contributed by atoms with Crippen LogP contribution in [0.15, 0.2) is 59.7 Å². The van der Waals surface area contributed by atoms with E-state index in [1.54, 1.807) is 43.3 Å². The highest BCUT2D eigenvalue weighted by Gasteiger charge is 2.05. The van der Waals surface area contributed by atoms with Crippen LogP contribution in [0.5, 0.6) is 5.75 Å². The molecule has 124 valence electrons. The Morgan fingerprint density at radius 3 is 2.46 bits per heavy atom. The molecule has 0 aromatic heterocycles. The molecule has 0 aliphatic rings. The Morgan fingerprint density at radius 2 is 1.79 bits per heavy atom. The predicted octanol–water partition coefficient (Wildman–Crippen LogP) is 2.39. The molecule has 0 saturated carbocycles. The zero-order chi connectivity index (χ0) is 17.2. The van der Waals surface area contributed by atoms with Gasteiger partial charge in [-0.2, -0.15) is 5.10 Å². The SMILES string of the molecule is CCOC(=O)c1ccc(C=NNC(=O)COc2ccccc2)cc1. The van der Waals surface area contributed by atoms with Gasteiger partial charge in [-0.25, -0.2) is 10.2 Å². The smallest absolute Gasteiger partial charge is 0.338 e. The summed E-state index contributed by atoms with van der Waals surface area (Å²) in [6.45, 7) is 1.96. The average Bonchev–Trinajstić information content (AvgIpc) is 2.61. The van der Waals surface area contributed by atoms with Gasteiger partial charge in [-0.15, -0.1) is 0 Å². The van der Waals surface area contributed by atoms with E-state index in [0.29, 0.717) is 17.9 Å². The molecular weight excluding hydrogens is 308 g/mol. The van der Waals surface area contributed by atoms with Gasteiger partial charge in [0.2, 0.25) is 0 Å². The summed E-state index contributed by atoms with van der Waals surface area (Å²) in [6, 6.07) is 15.7.